The summed E-state index contributed by atoms with van der Waals surface area (Å²) < 4.78 is 71.7. The highest BCUT2D eigenvalue weighted by Gasteiger charge is 2.52. The molecule has 2 aliphatic rings. The number of halogens is 3. The van der Waals surface area contributed by atoms with Gasteiger partial charge in [0.1, 0.15) is 0 Å². The van der Waals surface area contributed by atoms with Gasteiger partial charge in [-0.25, -0.2) is 8.42 Å². The van der Waals surface area contributed by atoms with Gasteiger partial charge in [0.15, 0.2) is 0 Å². The van der Waals surface area contributed by atoms with Crippen LogP contribution in [0.2, 0.25) is 0 Å². The predicted octanol–water partition coefficient (Wildman–Crippen LogP) is 3.07. The molecule has 7 nitrogen and oxygen atoms in total. The molecule has 33 heavy (non-hydrogen) atoms. The van der Waals surface area contributed by atoms with Crippen molar-refractivity contribution in [1.29, 1.82) is 0 Å². The van der Waals surface area contributed by atoms with Crippen molar-refractivity contribution in [3.05, 3.63) is 29.8 Å². The van der Waals surface area contributed by atoms with Gasteiger partial charge in [-0.15, -0.1) is 0 Å². The Morgan fingerprint density at radius 1 is 1.24 bits per heavy atom. The first-order valence-corrected chi connectivity index (χ1v) is 12.6. The number of sulfonamides is 1. The van der Waals surface area contributed by atoms with Crippen molar-refractivity contribution in [2.45, 2.75) is 62.3 Å². The number of ether oxygens (including phenoxy) is 1. The van der Waals surface area contributed by atoms with E-state index in [2.05, 4.69) is 5.32 Å². The minimum absolute atomic E-state index is 0.00832. The molecule has 3 rings (SSSR count). The van der Waals surface area contributed by atoms with E-state index in [1.54, 1.807) is 7.11 Å². The molecule has 1 aromatic carbocycles. The van der Waals surface area contributed by atoms with Crippen LogP contribution in [-0.4, -0.2) is 68.6 Å². The second kappa shape index (κ2) is 9.89. The SMILES string of the molecule is COCCCN1C(=O)[C@H](CC(C)C)NC12CCN(S(=O)(=O)c1cccc(C(F)(F)F)c1)CC2. The molecule has 1 atom stereocenters. The normalized spacial score (nSPS) is 22.0. The van der Waals surface area contributed by atoms with Gasteiger partial charge in [-0.05, 0) is 49.8 Å². The third kappa shape index (κ3) is 5.52. The van der Waals surface area contributed by atoms with E-state index in [0.717, 1.165) is 12.1 Å². The Balaban J connectivity index is 1.78. The summed E-state index contributed by atoms with van der Waals surface area (Å²) in [6.45, 7) is 5.29. The smallest absolute Gasteiger partial charge is 0.385 e. The van der Waals surface area contributed by atoms with Crippen LogP contribution in [0.3, 0.4) is 0 Å². The lowest BCUT2D eigenvalue weighted by Crippen LogP contribution is -2.59. The van der Waals surface area contributed by atoms with E-state index in [1.807, 2.05) is 18.7 Å². The summed E-state index contributed by atoms with van der Waals surface area (Å²) >= 11 is 0. The number of alkyl halides is 3. The quantitative estimate of drug-likeness (QED) is 0.566. The standard InChI is InChI=1S/C22H32F3N3O4S/c1-16(2)14-19-20(29)28(10-5-13-32-3)21(26-19)8-11-27(12-9-21)33(30,31)18-7-4-6-17(15-18)22(23,24)25/h4,6-7,15-16,19,26H,5,8-14H2,1-3H3/t19-/m0/s1. The van der Waals surface area contributed by atoms with E-state index < -0.39 is 27.4 Å². The number of carbonyl (C=O) groups is 1. The molecule has 0 radical (unpaired) electrons. The second-order valence-corrected chi connectivity index (χ2v) is 11.1. The molecule has 1 amide bonds. The van der Waals surface area contributed by atoms with Gasteiger partial charge in [-0.3, -0.25) is 10.1 Å². The van der Waals surface area contributed by atoms with Crippen molar-refractivity contribution in [3.63, 3.8) is 0 Å². The monoisotopic (exact) mass is 491 g/mol. The molecule has 1 spiro atoms. The number of hydrogen-bond acceptors (Lipinski definition) is 5. The minimum atomic E-state index is -4.63. The van der Waals surface area contributed by atoms with E-state index in [1.165, 1.54) is 10.4 Å². The molecular weight excluding hydrogens is 459 g/mol. The molecule has 1 aromatic rings. The zero-order chi connectivity index (χ0) is 24.4. The first kappa shape index (κ1) is 25.9. The van der Waals surface area contributed by atoms with E-state index in [-0.39, 0.29) is 29.9 Å². The molecule has 0 aromatic heterocycles. The number of piperidine rings is 1. The van der Waals surface area contributed by atoms with Crippen molar-refractivity contribution in [1.82, 2.24) is 14.5 Å². The van der Waals surface area contributed by atoms with Gasteiger partial charge in [0.25, 0.3) is 0 Å². The lowest BCUT2D eigenvalue weighted by molar-refractivity contribution is -0.137. The average Bonchev–Trinajstić information content (AvgIpc) is 2.98. The zero-order valence-electron chi connectivity index (χ0n) is 19.2. The van der Waals surface area contributed by atoms with Crippen LogP contribution in [0.1, 0.15) is 45.1 Å². The summed E-state index contributed by atoms with van der Waals surface area (Å²) in [6, 6.07) is 3.48. The van der Waals surface area contributed by atoms with E-state index >= 15 is 0 Å². The predicted molar refractivity (Wildman–Crippen MR) is 117 cm³/mol. The Hall–Kier alpha value is -1.69. The fraction of sp³-hybridized carbons (Fsp3) is 0.682. The van der Waals surface area contributed by atoms with Crippen molar-refractivity contribution < 1.29 is 31.1 Å². The van der Waals surface area contributed by atoms with E-state index in [0.29, 0.717) is 50.8 Å². The Morgan fingerprint density at radius 3 is 2.48 bits per heavy atom. The minimum Gasteiger partial charge on any atom is -0.385 e. The van der Waals surface area contributed by atoms with Gasteiger partial charge in [0.05, 0.1) is 22.2 Å². The number of amides is 1. The Bertz CT molecular complexity index is 944. The van der Waals surface area contributed by atoms with Crippen LogP contribution in [0.5, 0.6) is 0 Å². The van der Waals surface area contributed by atoms with Crippen molar-refractivity contribution in [3.8, 4) is 0 Å². The van der Waals surface area contributed by atoms with Crippen LogP contribution in [0.4, 0.5) is 13.2 Å². The van der Waals surface area contributed by atoms with Crippen LogP contribution >= 0.6 is 0 Å². The van der Waals surface area contributed by atoms with E-state index in [4.69, 9.17) is 4.74 Å². The highest BCUT2D eigenvalue weighted by molar-refractivity contribution is 7.89. The largest absolute Gasteiger partial charge is 0.416 e. The molecule has 2 fully saturated rings. The summed E-state index contributed by atoms with van der Waals surface area (Å²) in [6.07, 6.45) is -2.57. The Kier molecular flexibility index (Phi) is 7.77. The van der Waals surface area contributed by atoms with Crippen molar-refractivity contribution in [2.75, 3.05) is 33.4 Å². The van der Waals surface area contributed by atoms with Crippen LogP contribution in [0.25, 0.3) is 0 Å². The summed E-state index contributed by atoms with van der Waals surface area (Å²) in [7, 11) is -2.50. The highest BCUT2D eigenvalue weighted by Crippen LogP contribution is 2.36. The molecule has 186 valence electrons. The van der Waals surface area contributed by atoms with Gasteiger partial charge in [-0.2, -0.15) is 17.5 Å². The molecule has 11 heteroatoms. The third-order valence-corrected chi connectivity index (χ3v) is 8.20. The molecule has 2 heterocycles. The first-order chi connectivity index (χ1) is 15.4. The number of nitrogens with one attached hydrogen (secondary N) is 1. The summed E-state index contributed by atoms with van der Waals surface area (Å²) in [4.78, 5) is 14.6. The van der Waals surface area contributed by atoms with Gasteiger partial charge >= 0.3 is 6.18 Å². The lowest BCUT2D eigenvalue weighted by atomic mass is 9.97. The lowest BCUT2D eigenvalue weighted by Gasteiger charge is -2.44. The summed E-state index contributed by atoms with van der Waals surface area (Å²) in [5.74, 6) is 0.317. The second-order valence-electron chi connectivity index (χ2n) is 9.12. The maximum atomic E-state index is 13.1. The Labute approximate surface area is 193 Å². The first-order valence-electron chi connectivity index (χ1n) is 11.2. The third-order valence-electron chi connectivity index (χ3n) is 6.31. The molecule has 0 saturated carbocycles. The van der Waals surface area contributed by atoms with Gasteiger partial charge in [0, 0.05) is 33.4 Å². The van der Waals surface area contributed by atoms with Crippen molar-refractivity contribution >= 4 is 15.9 Å². The van der Waals surface area contributed by atoms with Crippen molar-refractivity contribution in [2.24, 2.45) is 5.92 Å². The van der Waals surface area contributed by atoms with Crippen LogP contribution in [0.15, 0.2) is 29.2 Å². The maximum Gasteiger partial charge on any atom is 0.416 e. The molecular formula is C22H32F3N3O4S. The number of rotatable bonds is 8. The highest BCUT2D eigenvalue weighted by atomic mass is 32.2. The Morgan fingerprint density at radius 2 is 1.91 bits per heavy atom. The van der Waals surface area contributed by atoms with Crippen LogP contribution in [0, 0.1) is 5.92 Å². The molecule has 1 N–H and O–H groups in total. The summed E-state index contributed by atoms with van der Waals surface area (Å²) in [5, 5.41) is 3.47. The van der Waals surface area contributed by atoms with Gasteiger partial charge in [0.2, 0.25) is 15.9 Å². The van der Waals surface area contributed by atoms with Gasteiger partial charge in [-0.1, -0.05) is 19.9 Å². The number of methoxy groups -OCH3 is 1. The summed E-state index contributed by atoms with van der Waals surface area (Å²) in [5.41, 5.74) is -1.66. The molecule has 0 bridgehead atoms. The molecule has 0 unspecified atom stereocenters. The van der Waals surface area contributed by atoms with E-state index in [9.17, 15) is 26.4 Å². The number of hydrogen-bond donors (Lipinski definition) is 1. The molecule has 2 aliphatic heterocycles. The fourth-order valence-electron chi connectivity index (χ4n) is 4.68. The van der Waals surface area contributed by atoms with Crippen LogP contribution in [-0.2, 0) is 25.7 Å². The topological polar surface area (TPSA) is 79.0 Å². The molecule has 2 saturated heterocycles. The number of nitrogens with zero attached hydrogens (tertiary/aromatic N) is 2. The number of benzene rings is 1. The zero-order valence-corrected chi connectivity index (χ0v) is 20.0. The maximum absolute atomic E-state index is 13.1. The van der Waals surface area contributed by atoms with Crippen LogP contribution < -0.4 is 5.32 Å². The fourth-order valence-corrected chi connectivity index (χ4v) is 6.17. The average molecular weight is 492 g/mol. The van der Waals surface area contributed by atoms with Gasteiger partial charge < -0.3 is 9.64 Å². The molecule has 0 aliphatic carbocycles. The number of carbonyl (C=O) groups excluding carboxylic acids is 1.